The lowest BCUT2D eigenvalue weighted by molar-refractivity contribution is -0.147. The Morgan fingerprint density at radius 2 is 1.98 bits per heavy atom. The normalized spacial score (nSPS) is 27.7. The third-order valence-corrected chi connectivity index (χ3v) is 12.2. The smallest absolute Gasteiger partial charge is 0.340 e. The number of nitriles is 1. The summed E-state index contributed by atoms with van der Waals surface area (Å²) >= 11 is 1.13. The molecule has 6 atom stereocenters. The van der Waals surface area contributed by atoms with Crippen molar-refractivity contribution < 1.29 is 33.1 Å². The van der Waals surface area contributed by atoms with E-state index in [4.69, 9.17) is 0 Å². The zero-order valence-electron chi connectivity index (χ0n) is 24.8. The van der Waals surface area contributed by atoms with E-state index < -0.39 is 37.0 Å². The number of carbonyl (C=O) groups is 3. The lowest BCUT2D eigenvalue weighted by Gasteiger charge is -2.35. The van der Waals surface area contributed by atoms with Gasteiger partial charge in [0.05, 0.1) is 22.4 Å². The second-order valence-corrected chi connectivity index (χ2v) is 15.5. The summed E-state index contributed by atoms with van der Waals surface area (Å²) in [6.07, 6.45) is 8.00. The van der Waals surface area contributed by atoms with Gasteiger partial charge in [-0.15, -0.1) is 11.3 Å². The van der Waals surface area contributed by atoms with E-state index in [2.05, 4.69) is 16.4 Å². The van der Waals surface area contributed by atoms with E-state index in [0.29, 0.717) is 42.3 Å². The first-order valence-corrected chi connectivity index (χ1v) is 18.0. The number of hydrogen-bond donors (Lipinski definition) is 3. The van der Waals surface area contributed by atoms with E-state index in [1.165, 1.54) is 24.3 Å². The molecule has 0 bridgehead atoms. The summed E-state index contributed by atoms with van der Waals surface area (Å²) in [7, 11) is -4.99. The third kappa shape index (κ3) is 5.21. The number of rotatable bonds is 6. The Morgan fingerprint density at radius 1 is 1.17 bits per heavy atom. The number of carbonyl (C=O) groups excluding carboxylic acids is 3. The van der Waals surface area contributed by atoms with Gasteiger partial charge >= 0.3 is 7.60 Å². The van der Waals surface area contributed by atoms with Crippen LogP contribution in [-0.4, -0.2) is 72.5 Å². The van der Waals surface area contributed by atoms with E-state index in [0.717, 1.165) is 36.2 Å². The summed E-state index contributed by atoms with van der Waals surface area (Å²) in [5.74, 6) is -3.88. The molecule has 1 saturated carbocycles. The van der Waals surface area contributed by atoms with Crippen molar-refractivity contribution in [2.24, 2.45) is 5.92 Å². The van der Waals surface area contributed by atoms with Crippen LogP contribution >= 0.6 is 18.9 Å². The SMILES string of the molecule is N#C[C@@H]1[C@@H](c2cccnc2)CN(C(=O)[C@@H]2CCC3CCC[C@H](NC(=O)c4cc5cc([C@@H](F)P(=O)(O)O)ccc5s4)C(=O)N32)C12CC2. The summed E-state index contributed by atoms with van der Waals surface area (Å²) < 4.78 is 26.3. The maximum Gasteiger partial charge on any atom is 0.363 e. The highest BCUT2D eigenvalue weighted by molar-refractivity contribution is 7.51. The van der Waals surface area contributed by atoms with Crippen LogP contribution in [0.25, 0.3) is 10.1 Å². The fourth-order valence-corrected chi connectivity index (χ4v) is 9.31. The van der Waals surface area contributed by atoms with Crippen LogP contribution in [0.3, 0.4) is 0 Å². The van der Waals surface area contributed by atoms with Gasteiger partial charge in [-0.05, 0) is 85.7 Å². The Morgan fingerprint density at radius 3 is 2.67 bits per heavy atom. The standard InChI is InChI=1S/C32H33FN5O6PS/c33-28(45(42,43)44)18-6-9-26-20(13-18)14-27(46-26)29(39)36-24-5-1-4-21-7-8-25(38(21)30(24)40)31(41)37-17-22(19-3-2-12-35-16-19)23(15-34)32(37)10-11-32/h2-3,6,9,12-14,16,21-25,28H,1,4-5,7-8,10-11,17H2,(H,36,39)(H2,42,43,44)/t21?,22-,23-,24+,25+,28+/m1/s1. The van der Waals surface area contributed by atoms with Crippen LogP contribution in [0.5, 0.6) is 0 Å². The van der Waals surface area contributed by atoms with Gasteiger partial charge in [0.2, 0.25) is 17.7 Å². The number of thiophene rings is 1. The van der Waals surface area contributed by atoms with E-state index in [1.54, 1.807) is 17.3 Å². The van der Waals surface area contributed by atoms with Gasteiger partial charge in [0.1, 0.15) is 12.1 Å². The third-order valence-electron chi connectivity index (χ3n) is 10.2. The summed E-state index contributed by atoms with van der Waals surface area (Å²) in [5.41, 5.74) is 0.220. The van der Waals surface area contributed by atoms with Crippen molar-refractivity contribution in [3.63, 3.8) is 0 Å². The highest BCUT2D eigenvalue weighted by Crippen LogP contribution is 2.58. The summed E-state index contributed by atoms with van der Waals surface area (Å²) in [5, 5.41) is 13.5. The molecule has 7 rings (SSSR count). The lowest BCUT2D eigenvalue weighted by Crippen LogP contribution is -2.56. The molecular weight excluding hydrogens is 632 g/mol. The number of fused-ring (bicyclic) bond motifs is 2. The predicted octanol–water partition coefficient (Wildman–Crippen LogP) is 4.38. The molecule has 11 nitrogen and oxygen atoms in total. The Hall–Kier alpha value is -3.69. The van der Waals surface area contributed by atoms with Crippen molar-refractivity contribution in [3.05, 3.63) is 64.8 Å². The van der Waals surface area contributed by atoms with Gasteiger partial charge in [-0.1, -0.05) is 12.1 Å². The molecule has 14 heteroatoms. The number of nitrogens with zero attached hydrogens (tertiary/aromatic N) is 4. The Bertz CT molecular complexity index is 1800. The summed E-state index contributed by atoms with van der Waals surface area (Å²) in [4.78, 5) is 68.2. The average Bonchev–Trinajstić information content (AvgIpc) is 3.42. The number of hydrogen-bond acceptors (Lipinski definition) is 7. The van der Waals surface area contributed by atoms with E-state index in [9.17, 15) is 38.4 Å². The van der Waals surface area contributed by atoms with E-state index in [-0.39, 0.29) is 40.1 Å². The van der Waals surface area contributed by atoms with Crippen LogP contribution in [0.1, 0.15) is 77.6 Å². The molecule has 1 aromatic carbocycles. The molecule has 3 aliphatic heterocycles. The molecule has 1 aliphatic carbocycles. The van der Waals surface area contributed by atoms with Crippen molar-refractivity contribution in [2.45, 2.75) is 80.4 Å². The van der Waals surface area contributed by atoms with E-state index >= 15 is 0 Å². The Balaban J connectivity index is 1.09. The quantitative estimate of drug-likeness (QED) is 0.327. The first-order valence-electron chi connectivity index (χ1n) is 15.5. The second kappa shape index (κ2) is 11.5. The first-order chi connectivity index (χ1) is 22.0. The minimum Gasteiger partial charge on any atom is -0.340 e. The van der Waals surface area contributed by atoms with Gasteiger partial charge < -0.3 is 24.9 Å². The van der Waals surface area contributed by atoms with Crippen LogP contribution in [0.2, 0.25) is 0 Å². The maximum absolute atomic E-state index is 14.3. The minimum absolute atomic E-state index is 0.104. The average molecular weight is 666 g/mol. The number of nitrogens with one attached hydrogen (secondary N) is 1. The molecule has 3 N–H and O–H groups in total. The molecule has 4 aliphatic rings. The fourth-order valence-electron chi connectivity index (χ4n) is 7.81. The molecule has 4 fully saturated rings. The first kappa shape index (κ1) is 30.9. The molecule has 46 heavy (non-hydrogen) atoms. The van der Waals surface area contributed by atoms with Crippen LogP contribution in [0.15, 0.2) is 48.8 Å². The van der Waals surface area contributed by atoms with Gasteiger partial charge in [-0.2, -0.15) is 5.26 Å². The van der Waals surface area contributed by atoms with E-state index in [1.807, 2.05) is 17.0 Å². The highest BCUT2D eigenvalue weighted by atomic mass is 32.1. The topological polar surface area (TPSA) is 164 Å². The molecule has 5 heterocycles. The molecule has 1 spiro atoms. The Labute approximate surface area is 268 Å². The van der Waals surface area contributed by atoms with Crippen molar-refractivity contribution in [1.82, 2.24) is 20.1 Å². The lowest BCUT2D eigenvalue weighted by atomic mass is 9.85. The van der Waals surface area contributed by atoms with Crippen LogP contribution < -0.4 is 5.32 Å². The number of amides is 3. The van der Waals surface area contributed by atoms with Gasteiger partial charge in [0.25, 0.3) is 5.91 Å². The van der Waals surface area contributed by atoms with Crippen molar-refractivity contribution >= 4 is 46.7 Å². The number of alkyl halides is 1. The number of halogens is 1. The molecular formula is C32H33FN5O6PS. The van der Waals surface area contributed by atoms with Crippen molar-refractivity contribution in [1.29, 1.82) is 5.26 Å². The largest absolute Gasteiger partial charge is 0.363 e. The molecule has 3 saturated heterocycles. The van der Waals surface area contributed by atoms with Gasteiger partial charge in [0, 0.05) is 35.6 Å². The zero-order valence-corrected chi connectivity index (χ0v) is 26.5. The summed E-state index contributed by atoms with van der Waals surface area (Å²) in [6.45, 7) is 0.400. The monoisotopic (exact) mass is 665 g/mol. The minimum atomic E-state index is -4.99. The van der Waals surface area contributed by atoms with Gasteiger partial charge in [-0.25, -0.2) is 4.39 Å². The fraction of sp³-hybridized carbons (Fsp3) is 0.469. The maximum atomic E-state index is 14.3. The number of pyridine rings is 1. The highest BCUT2D eigenvalue weighted by Gasteiger charge is 2.64. The molecule has 2 aromatic heterocycles. The molecule has 1 unspecified atom stereocenters. The summed E-state index contributed by atoms with van der Waals surface area (Å²) in [6, 6.07) is 10.3. The number of benzene rings is 1. The predicted molar refractivity (Wildman–Crippen MR) is 166 cm³/mol. The van der Waals surface area contributed by atoms with Crippen LogP contribution in [0, 0.1) is 17.2 Å². The molecule has 3 amide bonds. The van der Waals surface area contributed by atoms with Crippen molar-refractivity contribution in [3.8, 4) is 6.07 Å². The van der Waals surface area contributed by atoms with Crippen molar-refractivity contribution in [2.75, 3.05) is 6.54 Å². The number of aromatic nitrogens is 1. The number of likely N-dealkylation sites (tertiary alicyclic amines) is 1. The second-order valence-electron chi connectivity index (χ2n) is 12.8. The molecule has 0 radical (unpaired) electrons. The Kier molecular flexibility index (Phi) is 7.75. The van der Waals surface area contributed by atoms with Gasteiger partial charge in [-0.3, -0.25) is 23.9 Å². The molecule has 3 aromatic rings. The zero-order chi connectivity index (χ0) is 32.4. The van der Waals surface area contributed by atoms with Gasteiger partial charge in [0.15, 0.2) is 0 Å². The van der Waals surface area contributed by atoms with Crippen LogP contribution in [-0.2, 0) is 14.2 Å². The van der Waals surface area contributed by atoms with Crippen LogP contribution in [0.4, 0.5) is 4.39 Å². The molecule has 240 valence electrons.